The van der Waals surface area contributed by atoms with Gasteiger partial charge in [-0.15, -0.1) is 0 Å². The number of carboxylic acids is 1. The summed E-state index contributed by atoms with van der Waals surface area (Å²) in [5.41, 5.74) is 0. The number of aliphatic carboxylic acids is 1. The monoisotopic (exact) mass is 478 g/mol. The van der Waals surface area contributed by atoms with E-state index >= 15 is 0 Å². The zero-order chi connectivity index (χ0) is 25.1. The molecule has 34 heavy (non-hydrogen) atoms. The van der Waals surface area contributed by atoms with E-state index in [2.05, 4.69) is 25.7 Å². The van der Waals surface area contributed by atoms with Gasteiger partial charge >= 0.3 is 11.9 Å². The summed E-state index contributed by atoms with van der Waals surface area (Å²) in [5, 5.41) is 9.28. The minimum absolute atomic E-state index is 0.0448. The van der Waals surface area contributed by atoms with Crippen LogP contribution in [0.5, 0.6) is 0 Å². The summed E-state index contributed by atoms with van der Waals surface area (Å²) in [6, 6.07) is 0. The van der Waals surface area contributed by atoms with E-state index in [1.165, 1.54) is 109 Å². The van der Waals surface area contributed by atoms with Crippen molar-refractivity contribution in [2.45, 2.75) is 142 Å². The van der Waals surface area contributed by atoms with Crippen LogP contribution in [0.15, 0.2) is 24.8 Å². The van der Waals surface area contributed by atoms with E-state index < -0.39 is 17.9 Å². The second-order valence-corrected chi connectivity index (χ2v) is 9.71. The van der Waals surface area contributed by atoms with Gasteiger partial charge in [-0.2, -0.15) is 0 Å². The van der Waals surface area contributed by atoms with Gasteiger partial charge in [0.1, 0.15) is 6.61 Å². The van der Waals surface area contributed by atoms with Gasteiger partial charge in [0.05, 0.1) is 12.3 Å². The Balaban J connectivity index is 3.41. The molecule has 0 saturated carbocycles. The molecule has 0 amide bonds. The molecule has 0 aromatic heterocycles. The lowest BCUT2D eigenvalue weighted by atomic mass is 9.97. The fourth-order valence-corrected chi connectivity index (χ4v) is 4.25. The van der Waals surface area contributed by atoms with Crippen LogP contribution in [0.1, 0.15) is 142 Å². The van der Waals surface area contributed by atoms with Gasteiger partial charge in [-0.3, -0.25) is 9.59 Å². The number of hydrogen-bond donors (Lipinski definition) is 1. The standard InChI is InChI=1S/C30H54O4/c1-3-5-6-7-8-9-10-11-12-13-14-15-16-17-18-19-20-21-22-23-24-25-28(30(32)33)27-29(31)34-26-4-2/h4,14-15,28H,2-3,5-13,16-27H2,1H3,(H,32,33)/b15-14+. The summed E-state index contributed by atoms with van der Waals surface area (Å²) >= 11 is 0. The number of rotatable bonds is 26. The Labute approximate surface area is 210 Å². The smallest absolute Gasteiger partial charge is 0.307 e. The Kier molecular flexibility index (Phi) is 24.8. The van der Waals surface area contributed by atoms with Crippen molar-refractivity contribution in [2.24, 2.45) is 5.92 Å². The van der Waals surface area contributed by atoms with Crippen LogP contribution in [0.4, 0.5) is 0 Å². The van der Waals surface area contributed by atoms with Crippen molar-refractivity contribution in [2.75, 3.05) is 6.61 Å². The summed E-state index contributed by atoms with van der Waals surface area (Å²) in [7, 11) is 0. The van der Waals surface area contributed by atoms with Crippen molar-refractivity contribution in [3.63, 3.8) is 0 Å². The number of carbonyl (C=O) groups excluding carboxylic acids is 1. The molecular formula is C30H54O4. The van der Waals surface area contributed by atoms with Crippen LogP contribution >= 0.6 is 0 Å². The Morgan fingerprint density at radius 2 is 1.18 bits per heavy atom. The van der Waals surface area contributed by atoms with Crippen molar-refractivity contribution in [1.29, 1.82) is 0 Å². The van der Waals surface area contributed by atoms with Gasteiger partial charge < -0.3 is 9.84 Å². The van der Waals surface area contributed by atoms with Gasteiger partial charge in [0.15, 0.2) is 0 Å². The Hall–Kier alpha value is -1.58. The normalized spacial score (nSPS) is 12.1. The summed E-state index contributed by atoms with van der Waals surface area (Å²) in [6.45, 7) is 5.90. The highest BCUT2D eigenvalue weighted by Gasteiger charge is 2.21. The predicted molar refractivity (Wildman–Crippen MR) is 144 cm³/mol. The van der Waals surface area contributed by atoms with Crippen molar-refractivity contribution in [3.05, 3.63) is 24.8 Å². The number of allylic oxidation sites excluding steroid dienone is 2. The van der Waals surface area contributed by atoms with Gasteiger partial charge in [0.2, 0.25) is 0 Å². The van der Waals surface area contributed by atoms with E-state index in [9.17, 15) is 14.7 Å². The molecule has 0 aromatic rings. The minimum atomic E-state index is -0.905. The molecule has 0 fully saturated rings. The zero-order valence-electron chi connectivity index (χ0n) is 22.2. The van der Waals surface area contributed by atoms with Gasteiger partial charge in [-0.05, 0) is 32.1 Å². The fraction of sp³-hybridized carbons (Fsp3) is 0.800. The van der Waals surface area contributed by atoms with Crippen molar-refractivity contribution < 1.29 is 19.4 Å². The summed E-state index contributed by atoms with van der Waals surface area (Å²) < 4.78 is 4.90. The molecule has 0 rings (SSSR count). The SMILES string of the molecule is C=CCOC(=O)CC(CCCCCCCCCC/C=C/CCCCCCCCCCC)C(=O)O. The maximum atomic E-state index is 11.6. The Bertz CT molecular complexity index is 512. The van der Waals surface area contributed by atoms with Crippen molar-refractivity contribution in [1.82, 2.24) is 0 Å². The van der Waals surface area contributed by atoms with Gasteiger partial charge in [0.25, 0.3) is 0 Å². The van der Waals surface area contributed by atoms with Crippen LogP contribution in [-0.4, -0.2) is 23.7 Å². The molecule has 0 aromatic carbocycles. The molecule has 1 N–H and O–H groups in total. The Morgan fingerprint density at radius 3 is 1.62 bits per heavy atom. The van der Waals surface area contributed by atoms with Gasteiger partial charge in [0, 0.05) is 0 Å². The minimum Gasteiger partial charge on any atom is -0.481 e. The quantitative estimate of drug-likeness (QED) is 0.0764. The third-order valence-electron chi connectivity index (χ3n) is 6.44. The van der Waals surface area contributed by atoms with Crippen LogP contribution in [-0.2, 0) is 14.3 Å². The highest BCUT2D eigenvalue weighted by atomic mass is 16.5. The molecule has 0 aliphatic carbocycles. The summed E-state index contributed by atoms with van der Waals surface area (Å²) in [5.74, 6) is -1.99. The predicted octanol–water partition coefficient (Wildman–Crippen LogP) is 9.18. The molecule has 0 aliphatic rings. The number of esters is 1. The maximum absolute atomic E-state index is 11.6. The highest BCUT2D eigenvalue weighted by molar-refractivity contribution is 5.78. The molecular weight excluding hydrogens is 424 g/mol. The molecule has 1 unspecified atom stereocenters. The fourth-order valence-electron chi connectivity index (χ4n) is 4.25. The second kappa shape index (κ2) is 26.0. The molecule has 0 spiro atoms. The third-order valence-corrected chi connectivity index (χ3v) is 6.44. The molecule has 0 bridgehead atoms. The molecule has 4 heteroatoms. The van der Waals surface area contributed by atoms with Crippen molar-refractivity contribution >= 4 is 11.9 Å². The van der Waals surface area contributed by atoms with E-state index in [1.54, 1.807) is 0 Å². The zero-order valence-corrected chi connectivity index (χ0v) is 22.2. The number of carboxylic acid groups (broad SMARTS) is 1. The molecule has 0 heterocycles. The summed E-state index contributed by atoms with van der Waals surface area (Å²) in [4.78, 5) is 22.9. The molecule has 0 saturated heterocycles. The number of ether oxygens (including phenoxy) is 1. The average Bonchev–Trinajstić information content (AvgIpc) is 2.82. The van der Waals surface area contributed by atoms with Crippen LogP contribution in [0, 0.1) is 5.92 Å². The van der Waals surface area contributed by atoms with E-state index in [0.717, 1.165) is 19.3 Å². The largest absolute Gasteiger partial charge is 0.481 e. The lowest BCUT2D eigenvalue weighted by Gasteiger charge is -2.11. The maximum Gasteiger partial charge on any atom is 0.307 e. The molecule has 4 nitrogen and oxygen atoms in total. The lowest BCUT2D eigenvalue weighted by molar-refractivity contribution is -0.151. The Morgan fingerprint density at radius 1 is 0.735 bits per heavy atom. The van der Waals surface area contributed by atoms with E-state index in [1.807, 2.05) is 0 Å². The molecule has 198 valence electrons. The first-order valence-electron chi connectivity index (χ1n) is 14.3. The number of carbonyl (C=O) groups is 2. The van der Waals surface area contributed by atoms with E-state index in [-0.39, 0.29) is 13.0 Å². The molecule has 0 aliphatic heterocycles. The first kappa shape index (κ1) is 32.4. The first-order chi connectivity index (χ1) is 16.6. The first-order valence-corrected chi connectivity index (χ1v) is 14.3. The third kappa shape index (κ3) is 23.6. The number of unbranched alkanes of at least 4 members (excludes halogenated alkanes) is 17. The van der Waals surface area contributed by atoms with Crippen LogP contribution in [0.2, 0.25) is 0 Å². The van der Waals surface area contributed by atoms with Crippen LogP contribution in [0.25, 0.3) is 0 Å². The second-order valence-electron chi connectivity index (χ2n) is 9.71. The topological polar surface area (TPSA) is 63.6 Å². The summed E-state index contributed by atoms with van der Waals surface area (Å²) in [6.07, 6.45) is 31.2. The molecule has 0 radical (unpaired) electrons. The van der Waals surface area contributed by atoms with E-state index in [0.29, 0.717) is 6.42 Å². The molecule has 1 atom stereocenters. The van der Waals surface area contributed by atoms with E-state index in [4.69, 9.17) is 4.74 Å². The van der Waals surface area contributed by atoms with Crippen molar-refractivity contribution in [3.8, 4) is 0 Å². The van der Waals surface area contributed by atoms with Crippen LogP contribution in [0.3, 0.4) is 0 Å². The van der Waals surface area contributed by atoms with Gasteiger partial charge in [-0.1, -0.05) is 128 Å². The number of hydrogen-bond acceptors (Lipinski definition) is 3. The highest BCUT2D eigenvalue weighted by Crippen LogP contribution is 2.17. The average molecular weight is 479 g/mol. The van der Waals surface area contributed by atoms with Gasteiger partial charge in [-0.25, -0.2) is 0 Å². The van der Waals surface area contributed by atoms with Crippen LogP contribution < -0.4 is 0 Å². The lowest BCUT2D eigenvalue weighted by Crippen LogP contribution is -2.19.